The van der Waals surface area contributed by atoms with Crippen LogP contribution in [0.3, 0.4) is 0 Å². The average molecular weight is 991 g/mol. The van der Waals surface area contributed by atoms with Crippen LogP contribution in [0.1, 0.15) is 0 Å². The zero-order valence-corrected chi connectivity index (χ0v) is 35.0. The van der Waals surface area contributed by atoms with Crippen LogP contribution in [-0.2, 0) is 52.1 Å². The lowest BCUT2D eigenvalue weighted by molar-refractivity contribution is -0.399. The van der Waals surface area contributed by atoms with Crippen LogP contribution in [0.4, 0.5) is 0 Å². The molecule has 31 nitrogen and oxygen atoms in total. The molecule has 20 N–H and O–H groups in total. The molecule has 6 fully saturated rings. The van der Waals surface area contributed by atoms with E-state index in [2.05, 4.69) is 0 Å². The molecule has 0 radical (unpaired) electrons. The molecule has 6 aliphatic rings. The Morgan fingerprint density at radius 1 is 0.224 bits per heavy atom. The van der Waals surface area contributed by atoms with E-state index in [0.29, 0.717) is 0 Å². The van der Waals surface area contributed by atoms with Gasteiger partial charge in [0.1, 0.15) is 146 Å². The molecule has 6 rings (SSSR count). The minimum atomic E-state index is -2.25. The topological polar surface area (TPSA) is 506 Å². The minimum absolute atomic E-state index is 0.825. The maximum absolute atomic E-state index is 11.5. The molecule has 0 aromatic carbocycles. The van der Waals surface area contributed by atoms with Gasteiger partial charge in [-0.15, -0.1) is 0 Å². The van der Waals surface area contributed by atoms with Gasteiger partial charge in [0.2, 0.25) is 0 Å². The largest absolute Gasteiger partial charge is 0.394 e. The van der Waals surface area contributed by atoms with Crippen LogP contribution in [0.25, 0.3) is 0 Å². The van der Waals surface area contributed by atoms with Crippen molar-refractivity contribution >= 4 is 0 Å². The summed E-state index contributed by atoms with van der Waals surface area (Å²) < 4.78 is 60.5. The number of ether oxygens (including phenoxy) is 11. The Labute approximate surface area is 378 Å². The normalized spacial score (nSPS) is 53.4. The predicted molar refractivity (Wildman–Crippen MR) is 199 cm³/mol. The highest BCUT2D eigenvalue weighted by Crippen LogP contribution is 2.37. The van der Waals surface area contributed by atoms with Crippen molar-refractivity contribution in [2.24, 2.45) is 0 Å². The third-order valence-electron chi connectivity index (χ3n) is 12.4. The molecule has 6 heterocycles. The van der Waals surface area contributed by atoms with Crippen LogP contribution in [0.5, 0.6) is 0 Å². The van der Waals surface area contributed by atoms with E-state index < -0.39 is 224 Å². The molecular weight excluding hydrogens is 928 g/mol. The summed E-state index contributed by atoms with van der Waals surface area (Å²) in [6, 6.07) is 0. The second-order valence-corrected chi connectivity index (χ2v) is 16.8. The number of rotatable bonds is 16. The van der Waals surface area contributed by atoms with Gasteiger partial charge in [0.15, 0.2) is 37.7 Å². The Morgan fingerprint density at radius 3 is 0.731 bits per heavy atom. The van der Waals surface area contributed by atoms with E-state index in [1.807, 2.05) is 0 Å². The second kappa shape index (κ2) is 23.5. The van der Waals surface area contributed by atoms with Crippen molar-refractivity contribution in [3.05, 3.63) is 0 Å². The van der Waals surface area contributed by atoms with E-state index in [1.54, 1.807) is 0 Å². The van der Waals surface area contributed by atoms with Crippen molar-refractivity contribution in [1.82, 2.24) is 0 Å². The summed E-state index contributed by atoms with van der Waals surface area (Å²) in [6.07, 6.45) is -58.5. The molecule has 0 unspecified atom stereocenters. The Hall–Kier alpha value is -1.24. The molecule has 0 aromatic heterocycles. The fourth-order valence-corrected chi connectivity index (χ4v) is 8.48. The van der Waals surface area contributed by atoms with Crippen molar-refractivity contribution in [3.8, 4) is 0 Å². The van der Waals surface area contributed by atoms with Crippen molar-refractivity contribution in [2.45, 2.75) is 184 Å². The molecule has 6 aliphatic heterocycles. The molecule has 0 spiro atoms. The van der Waals surface area contributed by atoms with E-state index in [1.165, 1.54) is 0 Å². The first-order valence-corrected chi connectivity index (χ1v) is 21.1. The van der Waals surface area contributed by atoms with Crippen molar-refractivity contribution in [2.75, 3.05) is 39.6 Å². The lowest BCUT2D eigenvalue weighted by Crippen LogP contribution is -2.68. The predicted octanol–water partition coefficient (Wildman–Crippen LogP) is -14.1. The smallest absolute Gasteiger partial charge is 0.187 e. The number of hydrogen-bond acceptors (Lipinski definition) is 31. The quantitative estimate of drug-likeness (QED) is 0.0683. The summed E-state index contributed by atoms with van der Waals surface area (Å²) in [4.78, 5) is 0. The summed E-state index contributed by atoms with van der Waals surface area (Å²) in [7, 11) is 0. The van der Waals surface area contributed by atoms with E-state index >= 15 is 0 Å². The number of aliphatic hydroxyl groups excluding tert-OH is 20. The zero-order valence-electron chi connectivity index (χ0n) is 35.0. The number of hydrogen-bond donors (Lipinski definition) is 20. The molecule has 0 aromatic rings. The van der Waals surface area contributed by atoms with E-state index in [4.69, 9.17) is 52.1 Å². The van der Waals surface area contributed by atoms with E-state index in [9.17, 15) is 102 Å². The third kappa shape index (κ3) is 11.2. The van der Waals surface area contributed by atoms with Crippen molar-refractivity contribution in [3.63, 3.8) is 0 Å². The van der Waals surface area contributed by atoms with Crippen LogP contribution in [-0.4, -0.2) is 326 Å². The van der Waals surface area contributed by atoms with Crippen molar-refractivity contribution < 1.29 is 154 Å². The summed E-state index contributed by atoms with van der Waals surface area (Å²) in [5.41, 5.74) is 0. The number of aliphatic hydroxyl groups is 20. The molecule has 31 heteroatoms. The third-order valence-corrected chi connectivity index (χ3v) is 12.4. The molecule has 0 saturated carbocycles. The van der Waals surface area contributed by atoms with E-state index in [0.717, 1.165) is 0 Å². The molecule has 30 atom stereocenters. The summed E-state index contributed by atoms with van der Waals surface area (Å²) in [6.45, 7) is -5.75. The van der Waals surface area contributed by atoms with Gasteiger partial charge >= 0.3 is 0 Å². The SMILES string of the molecule is OC[C@H]1O[C@H](O[C@@H]2[C@H](O)[C@@H](O[C@@H]3[C@H](O)[C@@H](O[C@@H]4[C@H](O)[C@@H](O[C@@H]5[C@H](O)[C@@H](O[C@H]6[C@@H](O)[C@H](O)[C@@H](CO)O[C@@H]6O)O[C@H](CO)[C@H]5O)O[C@H](CO)[C@H]4O)O[C@H](CO)[C@H]3O)O[C@H](CO)[C@H]2O)[C@@H](O)[C@@H](O)[C@@H]1O. The first-order valence-electron chi connectivity index (χ1n) is 21.1. The molecule has 0 aliphatic carbocycles. The first-order chi connectivity index (χ1) is 31.8. The summed E-state index contributed by atoms with van der Waals surface area (Å²) in [5.74, 6) is 0. The Morgan fingerprint density at radius 2 is 0.448 bits per heavy atom. The molecular formula is C36H62O31. The van der Waals surface area contributed by atoms with Crippen LogP contribution in [0.15, 0.2) is 0 Å². The molecule has 0 bridgehead atoms. The average Bonchev–Trinajstić information content (AvgIpc) is 3.31. The van der Waals surface area contributed by atoms with Gasteiger partial charge in [-0.1, -0.05) is 0 Å². The Bertz CT molecular complexity index is 1510. The second-order valence-electron chi connectivity index (χ2n) is 16.8. The molecule has 392 valence electrons. The molecule has 67 heavy (non-hydrogen) atoms. The lowest BCUT2D eigenvalue weighted by Gasteiger charge is -2.50. The highest BCUT2D eigenvalue weighted by Gasteiger charge is 2.58. The van der Waals surface area contributed by atoms with Gasteiger partial charge in [0.25, 0.3) is 0 Å². The highest BCUT2D eigenvalue weighted by molar-refractivity contribution is 5.00. The lowest BCUT2D eigenvalue weighted by atomic mass is 9.95. The van der Waals surface area contributed by atoms with Crippen LogP contribution in [0.2, 0.25) is 0 Å². The van der Waals surface area contributed by atoms with E-state index in [-0.39, 0.29) is 0 Å². The van der Waals surface area contributed by atoms with Gasteiger partial charge < -0.3 is 154 Å². The van der Waals surface area contributed by atoms with Gasteiger partial charge in [0.05, 0.1) is 39.6 Å². The van der Waals surface area contributed by atoms with Crippen molar-refractivity contribution in [1.29, 1.82) is 0 Å². The zero-order chi connectivity index (χ0) is 49.3. The minimum Gasteiger partial charge on any atom is -0.394 e. The maximum Gasteiger partial charge on any atom is 0.187 e. The molecule has 0 amide bonds. The van der Waals surface area contributed by atoms with Crippen LogP contribution >= 0.6 is 0 Å². The Kier molecular flexibility index (Phi) is 19.4. The fraction of sp³-hybridized carbons (Fsp3) is 1.00. The van der Waals surface area contributed by atoms with Gasteiger partial charge in [-0.25, -0.2) is 0 Å². The summed E-state index contributed by atoms with van der Waals surface area (Å²) in [5, 5.41) is 211. The summed E-state index contributed by atoms with van der Waals surface area (Å²) >= 11 is 0. The van der Waals surface area contributed by atoms with Gasteiger partial charge in [-0.3, -0.25) is 0 Å². The Balaban J connectivity index is 1.18. The van der Waals surface area contributed by atoms with Gasteiger partial charge in [0, 0.05) is 0 Å². The highest BCUT2D eigenvalue weighted by atomic mass is 16.8. The van der Waals surface area contributed by atoms with Crippen LogP contribution < -0.4 is 0 Å². The van der Waals surface area contributed by atoms with Gasteiger partial charge in [-0.05, 0) is 0 Å². The standard InChI is InChI=1S/C36H62O31/c37-1-7-14(44)20(50)30(31(56)57-7)67-36-25(55)29(18(48)12(6-42)62-36)66-35-24(54)28(17(47)11(5-41)61-35)65-34-23(53)27(16(46)10(4-40)60-34)64-33-22(52)26(15(45)9(3-39)59-33)63-32-21(51)19(49)13(43)8(2-38)58-32/h7-56H,1-6H2/t7-,8-,9-,10-,11-,12-,13-,14-,15-,16-,17-,18-,19+,20+,21+,22+,23+,24+,25+,26+,27+,28+,29+,30+,31+,32-,33-,34-,35-,36-/m1/s1. The first kappa shape index (κ1) is 55.1. The van der Waals surface area contributed by atoms with Gasteiger partial charge in [-0.2, -0.15) is 0 Å². The molecule has 6 saturated heterocycles. The maximum atomic E-state index is 11.5. The fourth-order valence-electron chi connectivity index (χ4n) is 8.48. The monoisotopic (exact) mass is 990 g/mol. The van der Waals surface area contributed by atoms with Crippen LogP contribution in [0, 0.1) is 0 Å².